The maximum Gasteiger partial charge on any atom is 0.219 e. The summed E-state index contributed by atoms with van der Waals surface area (Å²) in [6.07, 6.45) is 1.31. The predicted molar refractivity (Wildman–Crippen MR) is 56.0 cm³/mol. The zero-order chi connectivity index (χ0) is 11.0. The number of hydrogen-bond acceptors (Lipinski definition) is 3. The van der Waals surface area contributed by atoms with E-state index in [1.807, 2.05) is 12.1 Å². The Morgan fingerprint density at radius 2 is 2.33 bits per heavy atom. The molecule has 4 N–H and O–H groups in total. The highest BCUT2D eigenvalue weighted by molar-refractivity contribution is 5.74. The second-order valence-electron chi connectivity index (χ2n) is 4.34. The number of rotatable bonds is 4. The Hall–Kier alpha value is -1.29. The van der Waals surface area contributed by atoms with Gasteiger partial charge >= 0.3 is 0 Å². The molecule has 4 heteroatoms. The number of nitrogens with two attached hydrogens (primary N) is 2. The fourth-order valence-corrected chi connectivity index (χ4v) is 1.80. The molecule has 0 spiro atoms. The maximum absolute atomic E-state index is 10.7. The van der Waals surface area contributed by atoms with E-state index >= 15 is 0 Å². The molecule has 15 heavy (non-hydrogen) atoms. The van der Waals surface area contributed by atoms with Gasteiger partial charge in [0.15, 0.2) is 0 Å². The zero-order valence-electron chi connectivity index (χ0n) is 8.77. The number of carbonyl (C=O) groups excluding carboxylic acids is 1. The van der Waals surface area contributed by atoms with Crippen LogP contribution in [0.1, 0.15) is 43.2 Å². The van der Waals surface area contributed by atoms with E-state index in [-0.39, 0.29) is 6.42 Å². The summed E-state index contributed by atoms with van der Waals surface area (Å²) in [5.41, 5.74) is 10.8. The molecule has 3 atom stereocenters. The summed E-state index contributed by atoms with van der Waals surface area (Å²) in [7, 11) is 0. The van der Waals surface area contributed by atoms with Gasteiger partial charge in [0.25, 0.3) is 0 Å². The van der Waals surface area contributed by atoms with E-state index in [0.717, 1.165) is 5.76 Å². The molecule has 0 bridgehead atoms. The fourth-order valence-electron chi connectivity index (χ4n) is 1.80. The highest BCUT2D eigenvalue weighted by Gasteiger charge is 2.36. The van der Waals surface area contributed by atoms with E-state index in [1.165, 1.54) is 6.42 Å². The van der Waals surface area contributed by atoms with Crippen molar-refractivity contribution < 1.29 is 9.21 Å². The molecule has 1 fully saturated rings. The first-order valence-electron chi connectivity index (χ1n) is 5.21. The van der Waals surface area contributed by atoms with Crippen molar-refractivity contribution in [3.63, 3.8) is 0 Å². The minimum atomic E-state index is -0.412. The average Bonchev–Trinajstić information content (AvgIpc) is 2.70. The van der Waals surface area contributed by atoms with Crippen molar-refractivity contribution in [2.75, 3.05) is 0 Å². The summed E-state index contributed by atoms with van der Waals surface area (Å²) in [4.78, 5) is 10.7. The molecule has 0 radical (unpaired) electrons. The molecular weight excluding hydrogens is 192 g/mol. The highest BCUT2D eigenvalue weighted by Crippen LogP contribution is 2.47. The third kappa shape index (κ3) is 2.21. The van der Waals surface area contributed by atoms with Gasteiger partial charge in [0.05, 0.1) is 6.04 Å². The molecule has 0 aromatic carbocycles. The standard InChI is InChI=1S/C11H16N2O2/c1-6-4-7(6)9-2-3-10(15-9)8(12)5-11(13)14/h2-3,6-8H,4-5,12H2,1H3,(H2,13,14)/t6?,7?,8-/m0/s1. The summed E-state index contributed by atoms with van der Waals surface area (Å²) in [6.45, 7) is 2.19. The van der Waals surface area contributed by atoms with Crippen LogP contribution in [0.3, 0.4) is 0 Å². The molecule has 0 aliphatic heterocycles. The molecule has 0 saturated heterocycles. The van der Waals surface area contributed by atoms with Crippen molar-refractivity contribution in [3.8, 4) is 0 Å². The second-order valence-corrected chi connectivity index (χ2v) is 4.34. The molecule has 1 heterocycles. The van der Waals surface area contributed by atoms with Gasteiger partial charge in [-0.2, -0.15) is 0 Å². The van der Waals surface area contributed by atoms with E-state index in [9.17, 15) is 4.79 Å². The van der Waals surface area contributed by atoms with Gasteiger partial charge in [-0.05, 0) is 24.5 Å². The van der Waals surface area contributed by atoms with E-state index in [4.69, 9.17) is 15.9 Å². The number of amides is 1. The van der Waals surface area contributed by atoms with E-state index < -0.39 is 11.9 Å². The predicted octanol–water partition coefficient (Wildman–Crippen LogP) is 1.28. The van der Waals surface area contributed by atoms with Gasteiger partial charge in [0.2, 0.25) is 5.91 Å². The van der Waals surface area contributed by atoms with E-state index in [2.05, 4.69) is 6.92 Å². The van der Waals surface area contributed by atoms with Gasteiger partial charge in [-0.3, -0.25) is 4.79 Å². The number of furan rings is 1. The summed E-state index contributed by atoms with van der Waals surface area (Å²) >= 11 is 0. The fraction of sp³-hybridized carbons (Fsp3) is 0.545. The lowest BCUT2D eigenvalue weighted by Gasteiger charge is -2.05. The monoisotopic (exact) mass is 208 g/mol. The Balaban J connectivity index is 2.03. The van der Waals surface area contributed by atoms with Crippen LogP contribution >= 0.6 is 0 Å². The molecule has 1 aromatic rings. The largest absolute Gasteiger partial charge is 0.464 e. The van der Waals surface area contributed by atoms with E-state index in [0.29, 0.717) is 17.6 Å². The lowest BCUT2D eigenvalue weighted by molar-refractivity contribution is -0.118. The van der Waals surface area contributed by atoms with Crippen LogP contribution in [0.2, 0.25) is 0 Å². The Bertz CT molecular complexity index is 372. The van der Waals surface area contributed by atoms with Gasteiger partial charge in [-0.15, -0.1) is 0 Å². The van der Waals surface area contributed by atoms with Crippen LogP contribution < -0.4 is 11.5 Å². The van der Waals surface area contributed by atoms with Crippen molar-refractivity contribution >= 4 is 5.91 Å². The van der Waals surface area contributed by atoms with Gasteiger partial charge in [0, 0.05) is 12.3 Å². The van der Waals surface area contributed by atoms with Crippen LogP contribution in [-0.2, 0) is 4.79 Å². The SMILES string of the molecule is CC1CC1c1ccc([C@@H](N)CC(N)=O)o1. The topological polar surface area (TPSA) is 82.2 Å². The first-order valence-corrected chi connectivity index (χ1v) is 5.21. The van der Waals surface area contributed by atoms with Gasteiger partial charge in [-0.25, -0.2) is 0 Å². The zero-order valence-corrected chi connectivity index (χ0v) is 8.77. The van der Waals surface area contributed by atoms with Crippen molar-refractivity contribution in [3.05, 3.63) is 23.7 Å². The number of hydrogen-bond donors (Lipinski definition) is 2. The maximum atomic E-state index is 10.7. The van der Waals surface area contributed by atoms with Crippen LogP contribution in [0.5, 0.6) is 0 Å². The summed E-state index contributed by atoms with van der Waals surface area (Å²) in [5, 5.41) is 0. The van der Waals surface area contributed by atoms with Crippen molar-refractivity contribution in [2.24, 2.45) is 17.4 Å². The van der Waals surface area contributed by atoms with Gasteiger partial charge in [0.1, 0.15) is 11.5 Å². The Morgan fingerprint density at radius 3 is 2.87 bits per heavy atom. The van der Waals surface area contributed by atoms with Crippen LogP contribution in [0.4, 0.5) is 0 Å². The molecule has 2 unspecified atom stereocenters. The molecule has 1 amide bonds. The lowest BCUT2D eigenvalue weighted by atomic mass is 10.1. The number of primary amides is 1. The molecular formula is C11H16N2O2. The third-order valence-electron chi connectivity index (χ3n) is 2.91. The summed E-state index contributed by atoms with van der Waals surface area (Å²) in [6, 6.07) is 3.38. The molecule has 82 valence electrons. The quantitative estimate of drug-likeness (QED) is 0.781. The normalized spacial score (nSPS) is 26.3. The van der Waals surface area contributed by atoms with Crippen LogP contribution in [0.25, 0.3) is 0 Å². The highest BCUT2D eigenvalue weighted by atomic mass is 16.3. The lowest BCUT2D eigenvalue weighted by Crippen LogP contribution is -2.20. The third-order valence-corrected chi connectivity index (χ3v) is 2.91. The Labute approximate surface area is 88.6 Å². The Kier molecular flexibility index (Phi) is 2.52. The Morgan fingerprint density at radius 1 is 1.67 bits per heavy atom. The average molecular weight is 208 g/mol. The minimum Gasteiger partial charge on any atom is -0.464 e. The van der Waals surface area contributed by atoms with Crippen molar-refractivity contribution in [2.45, 2.75) is 31.7 Å². The van der Waals surface area contributed by atoms with Crippen LogP contribution in [0, 0.1) is 5.92 Å². The van der Waals surface area contributed by atoms with Gasteiger partial charge < -0.3 is 15.9 Å². The molecule has 1 saturated carbocycles. The first-order chi connectivity index (χ1) is 7.08. The molecule has 1 aromatic heterocycles. The smallest absolute Gasteiger partial charge is 0.219 e. The molecule has 1 aliphatic rings. The van der Waals surface area contributed by atoms with Crippen LogP contribution in [-0.4, -0.2) is 5.91 Å². The summed E-state index contributed by atoms with van der Waals surface area (Å²) < 4.78 is 5.61. The minimum absolute atomic E-state index is 0.132. The van der Waals surface area contributed by atoms with Gasteiger partial charge in [-0.1, -0.05) is 6.92 Å². The summed E-state index contributed by atoms with van der Waals surface area (Å²) in [5.74, 6) is 2.48. The molecule has 1 aliphatic carbocycles. The molecule has 4 nitrogen and oxygen atoms in total. The van der Waals surface area contributed by atoms with Crippen LogP contribution in [0.15, 0.2) is 16.5 Å². The van der Waals surface area contributed by atoms with Crippen molar-refractivity contribution in [1.29, 1.82) is 0 Å². The molecule has 2 rings (SSSR count). The van der Waals surface area contributed by atoms with E-state index in [1.54, 1.807) is 0 Å². The van der Waals surface area contributed by atoms with Crippen molar-refractivity contribution in [1.82, 2.24) is 0 Å². The second kappa shape index (κ2) is 3.70. The number of carbonyl (C=O) groups is 1. The first kappa shape index (κ1) is 10.2.